The summed E-state index contributed by atoms with van der Waals surface area (Å²) >= 11 is 0. The zero-order chi connectivity index (χ0) is 12.0. The summed E-state index contributed by atoms with van der Waals surface area (Å²) in [5, 5.41) is 0. The molecular weight excluding hydrogens is 184 g/mol. The van der Waals surface area contributed by atoms with Gasteiger partial charge in [0, 0.05) is 0 Å². The minimum Gasteiger partial charge on any atom is -0.298 e. The van der Waals surface area contributed by atoms with Crippen LogP contribution in [0, 0.1) is 23.7 Å². The molecule has 0 aromatic rings. The van der Waals surface area contributed by atoms with Crippen molar-refractivity contribution >= 4 is 6.29 Å². The zero-order valence-corrected chi connectivity index (χ0v) is 11.1. The van der Waals surface area contributed by atoms with Gasteiger partial charge in [-0.1, -0.05) is 47.6 Å². The number of carbonyl (C=O) groups excluding carboxylic acids is 1. The number of hydrogen-bond acceptors (Lipinski definition) is 1. The number of aldehydes is 1. The molecule has 0 aliphatic rings. The van der Waals surface area contributed by atoms with Crippen molar-refractivity contribution in [1.29, 1.82) is 0 Å². The lowest BCUT2D eigenvalue weighted by atomic mass is 9.87. The number of carbonyl (C=O) groups is 1. The fourth-order valence-electron chi connectivity index (χ4n) is 1.32. The summed E-state index contributed by atoms with van der Waals surface area (Å²) in [6, 6.07) is 0. The molecule has 2 unspecified atom stereocenters. The van der Waals surface area contributed by atoms with Gasteiger partial charge >= 0.3 is 0 Å². The Morgan fingerprint density at radius 1 is 1.00 bits per heavy atom. The molecule has 1 nitrogen and oxygen atoms in total. The Balaban J connectivity index is 4.41. The average molecular weight is 210 g/mol. The molecule has 0 bridgehead atoms. The predicted molar refractivity (Wildman–Crippen MR) is 66.8 cm³/mol. The van der Waals surface area contributed by atoms with E-state index in [-0.39, 0.29) is 0 Å². The van der Waals surface area contributed by atoms with Gasteiger partial charge in [-0.05, 0) is 35.7 Å². The maximum Gasteiger partial charge on any atom is 0.145 e. The van der Waals surface area contributed by atoms with Crippen molar-refractivity contribution in [3.63, 3.8) is 0 Å². The van der Waals surface area contributed by atoms with E-state index < -0.39 is 0 Å². The van der Waals surface area contributed by atoms with Crippen LogP contribution in [-0.4, -0.2) is 6.29 Å². The number of hydrogen-bond donors (Lipinski definition) is 0. The van der Waals surface area contributed by atoms with Crippen molar-refractivity contribution < 1.29 is 4.79 Å². The van der Waals surface area contributed by atoms with Crippen LogP contribution in [0.4, 0.5) is 0 Å². The maximum atomic E-state index is 11.0. The lowest BCUT2D eigenvalue weighted by Crippen LogP contribution is -2.10. The standard InChI is InChI=1S/C14H26O/c1-10(2)12(5)7-8-14(9-15)13(6)11(3)4/h8-13H,7H2,1-6H3. The number of rotatable bonds is 6. The topological polar surface area (TPSA) is 17.1 Å². The van der Waals surface area contributed by atoms with Crippen LogP contribution >= 0.6 is 0 Å². The van der Waals surface area contributed by atoms with Crippen molar-refractivity contribution in [3.8, 4) is 0 Å². The van der Waals surface area contributed by atoms with E-state index in [9.17, 15) is 4.79 Å². The third-order valence-corrected chi connectivity index (χ3v) is 3.53. The van der Waals surface area contributed by atoms with Gasteiger partial charge in [0.15, 0.2) is 0 Å². The molecule has 0 aromatic heterocycles. The summed E-state index contributed by atoms with van der Waals surface area (Å²) in [6.07, 6.45) is 4.17. The molecule has 0 spiro atoms. The summed E-state index contributed by atoms with van der Waals surface area (Å²) in [4.78, 5) is 11.0. The Labute approximate surface area is 95.0 Å². The van der Waals surface area contributed by atoms with E-state index in [1.165, 1.54) is 0 Å². The van der Waals surface area contributed by atoms with Gasteiger partial charge in [-0.25, -0.2) is 0 Å². The average Bonchev–Trinajstić information content (AvgIpc) is 2.17. The van der Waals surface area contributed by atoms with Gasteiger partial charge in [-0.15, -0.1) is 0 Å². The first-order valence-electron chi connectivity index (χ1n) is 6.05. The van der Waals surface area contributed by atoms with E-state index in [0.717, 1.165) is 18.3 Å². The molecule has 2 atom stereocenters. The van der Waals surface area contributed by atoms with Crippen LogP contribution in [0.1, 0.15) is 48.0 Å². The lowest BCUT2D eigenvalue weighted by molar-refractivity contribution is -0.105. The Morgan fingerprint density at radius 3 is 1.87 bits per heavy atom. The Hall–Kier alpha value is -0.590. The van der Waals surface area contributed by atoms with Gasteiger partial charge < -0.3 is 0 Å². The first-order chi connectivity index (χ1) is 6.90. The fourth-order valence-corrected chi connectivity index (χ4v) is 1.32. The summed E-state index contributed by atoms with van der Waals surface area (Å²) in [7, 11) is 0. The molecule has 0 rings (SSSR count). The molecule has 0 radical (unpaired) electrons. The van der Waals surface area contributed by atoms with Gasteiger partial charge in [-0.3, -0.25) is 4.79 Å². The highest BCUT2D eigenvalue weighted by Gasteiger charge is 2.13. The van der Waals surface area contributed by atoms with Crippen LogP contribution < -0.4 is 0 Å². The minimum absolute atomic E-state index is 0.377. The summed E-state index contributed by atoms with van der Waals surface area (Å²) in [5.74, 6) is 2.25. The molecule has 0 saturated carbocycles. The van der Waals surface area contributed by atoms with Crippen LogP contribution in [0.25, 0.3) is 0 Å². The third-order valence-electron chi connectivity index (χ3n) is 3.53. The molecule has 0 saturated heterocycles. The normalized spacial score (nSPS) is 16.9. The smallest absolute Gasteiger partial charge is 0.145 e. The van der Waals surface area contributed by atoms with Crippen molar-refractivity contribution in [1.82, 2.24) is 0 Å². The quantitative estimate of drug-likeness (QED) is 0.477. The molecule has 0 aliphatic carbocycles. The maximum absolute atomic E-state index is 11.0. The highest BCUT2D eigenvalue weighted by molar-refractivity contribution is 5.73. The van der Waals surface area contributed by atoms with E-state index in [1.807, 2.05) is 0 Å². The van der Waals surface area contributed by atoms with E-state index >= 15 is 0 Å². The molecule has 15 heavy (non-hydrogen) atoms. The van der Waals surface area contributed by atoms with Crippen LogP contribution in [0.3, 0.4) is 0 Å². The first-order valence-corrected chi connectivity index (χ1v) is 6.05. The van der Waals surface area contributed by atoms with E-state index in [1.54, 1.807) is 0 Å². The second-order valence-electron chi connectivity index (χ2n) is 5.31. The molecule has 0 N–H and O–H groups in total. The molecule has 0 heterocycles. The molecule has 1 heteroatoms. The van der Waals surface area contributed by atoms with E-state index in [4.69, 9.17) is 0 Å². The summed E-state index contributed by atoms with van der Waals surface area (Å²) in [5.41, 5.74) is 0.970. The Morgan fingerprint density at radius 2 is 1.53 bits per heavy atom. The highest BCUT2D eigenvalue weighted by Crippen LogP contribution is 2.21. The lowest BCUT2D eigenvalue weighted by Gasteiger charge is -2.17. The molecule has 0 aliphatic heterocycles. The van der Waals surface area contributed by atoms with Gasteiger partial charge in [0.2, 0.25) is 0 Å². The number of allylic oxidation sites excluding steroid dienone is 2. The minimum atomic E-state index is 0.377. The molecular formula is C14H26O. The van der Waals surface area contributed by atoms with Crippen molar-refractivity contribution in [2.45, 2.75) is 48.0 Å². The van der Waals surface area contributed by atoms with Crippen molar-refractivity contribution in [2.24, 2.45) is 23.7 Å². The van der Waals surface area contributed by atoms with Crippen LogP contribution in [0.15, 0.2) is 11.6 Å². The molecule has 88 valence electrons. The van der Waals surface area contributed by atoms with Crippen LogP contribution in [-0.2, 0) is 4.79 Å². The second-order valence-corrected chi connectivity index (χ2v) is 5.31. The first kappa shape index (κ1) is 14.4. The molecule has 0 fully saturated rings. The fraction of sp³-hybridized carbons (Fsp3) is 0.786. The monoisotopic (exact) mass is 210 g/mol. The van der Waals surface area contributed by atoms with Crippen LogP contribution in [0.2, 0.25) is 0 Å². The van der Waals surface area contributed by atoms with Gasteiger partial charge in [0.05, 0.1) is 0 Å². The van der Waals surface area contributed by atoms with Gasteiger partial charge in [0.1, 0.15) is 6.29 Å². The van der Waals surface area contributed by atoms with Crippen molar-refractivity contribution in [3.05, 3.63) is 11.6 Å². The third kappa shape index (κ3) is 5.15. The van der Waals surface area contributed by atoms with Gasteiger partial charge in [0.25, 0.3) is 0 Å². The Kier molecular flexibility index (Phi) is 6.55. The summed E-state index contributed by atoms with van der Waals surface area (Å²) < 4.78 is 0. The van der Waals surface area contributed by atoms with Crippen LogP contribution in [0.5, 0.6) is 0 Å². The largest absolute Gasteiger partial charge is 0.298 e. The van der Waals surface area contributed by atoms with E-state index in [2.05, 4.69) is 47.6 Å². The van der Waals surface area contributed by atoms with Crippen molar-refractivity contribution in [2.75, 3.05) is 0 Å². The Bertz CT molecular complexity index is 213. The second kappa shape index (κ2) is 6.81. The molecule has 0 amide bonds. The summed E-state index contributed by atoms with van der Waals surface area (Å²) in [6.45, 7) is 13.1. The zero-order valence-electron chi connectivity index (χ0n) is 11.1. The van der Waals surface area contributed by atoms with E-state index in [0.29, 0.717) is 23.7 Å². The molecule has 0 aromatic carbocycles. The predicted octanol–water partition coefficient (Wildman–Crippen LogP) is 4.09. The highest BCUT2D eigenvalue weighted by atomic mass is 16.1. The SMILES string of the molecule is CC(C)C(C)CC=C(C=O)C(C)C(C)C. The van der Waals surface area contributed by atoms with Gasteiger partial charge in [-0.2, -0.15) is 0 Å².